The SMILES string of the molecule is C[C@H]1CCc2scnc21. The van der Waals surface area contributed by atoms with Gasteiger partial charge >= 0.3 is 0 Å². The molecule has 1 heterocycles. The topological polar surface area (TPSA) is 12.9 Å². The normalized spacial score (nSPS) is 24.3. The Kier molecular flexibility index (Phi) is 1.09. The van der Waals surface area contributed by atoms with Crippen molar-refractivity contribution in [2.75, 3.05) is 0 Å². The standard InChI is InChI=1S/C7H9NS/c1-5-2-3-6-7(5)8-4-9-6/h4-5H,2-3H2,1H3/t5-/m0/s1. The van der Waals surface area contributed by atoms with E-state index < -0.39 is 0 Å². The molecule has 0 bridgehead atoms. The third kappa shape index (κ3) is 0.697. The van der Waals surface area contributed by atoms with Crippen LogP contribution in [0, 0.1) is 0 Å². The molecule has 0 fully saturated rings. The lowest BCUT2D eigenvalue weighted by Crippen LogP contribution is -1.84. The van der Waals surface area contributed by atoms with Crippen LogP contribution in [-0.2, 0) is 6.42 Å². The van der Waals surface area contributed by atoms with E-state index in [9.17, 15) is 0 Å². The van der Waals surface area contributed by atoms with E-state index in [2.05, 4.69) is 11.9 Å². The molecule has 1 aromatic rings. The number of aryl methyl sites for hydroxylation is 1. The van der Waals surface area contributed by atoms with Crippen LogP contribution in [0.3, 0.4) is 0 Å². The molecule has 1 nitrogen and oxygen atoms in total. The predicted octanol–water partition coefficient (Wildman–Crippen LogP) is 2.19. The maximum absolute atomic E-state index is 4.30. The maximum atomic E-state index is 4.30. The molecule has 1 aliphatic rings. The smallest absolute Gasteiger partial charge is 0.0797 e. The lowest BCUT2D eigenvalue weighted by atomic mass is 10.1. The molecule has 0 spiro atoms. The van der Waals surface area contributed by atoms with Gasteiger partial charge in [0.1, 0.15) is 0 Å². The molecule has 1 aromatic heterocycles. The van der Waals surface area contributed by atoms with Crippen molar-refractivity contribution < 1.29 is 0 Å². The van der Waals surface area contributed by atoms with Gasteiger partial charge in [-0.1, -0.05) is 6.92 Å². The van der Waals surface area contributed by atoms with E-state index in [1.807, 2.05) is 5.51 Å². The summed E-state index contributed by atoms with van der Waals surface area (Å²) in [6, 6.07) is 0. The van der Waals surface area contributed by atoms with Crippen LogP contribution in [0.2, 0.25) is 0 Å². The highest BCUT2D eigenvalue weighted by molar-refractivity contribution is 7.09. The highest BCUT2D eigenvalue weighted by atomic mass is 32.1. The minimum Gasteiger partial charge on any atom is -0.249 e. The molecule has 2 heteroatoms. The molecular formula is C7H9NS. The molecule has 0 aliphatic heterocycles. The molecule has 1 aliphatic carbocycles. The molecule has 2 rings (SSSR count). The van der Waals surface area contributed by atoms with Crippen molar-refractivity contribution in [3.63, 3.8) is 0 Å². The predicted molar refractivity (Wildman–Crippen MR) is 38.9 cm³/mol. The summed E-state index contributed by atoms with van der Waals surface area (Å²) in [5.41, 5.74) is 3.32. The Morgan fingerprint density at radius 2 is 2.67 bits per heavy atom. The van der Waals surface area contributed by atoms with E-state index in [1.165, 1.54) is 23.4 Å². The van der Waals surface area contributed by atoms with Crippen LogP contribution in [0.5, 0.6) is 0 Å². The highest BCUT2D eigenvalue weighted by Crippen LogP contribution is 2.33. The molecule has 0 aromatic carbocycles. The van der Waals surface area contributed by atoms with Crippen molar-refractivity contribution in [1.29, 1.82) is 0 Å². The van der Waals surface area contributed by atoms with E-state index in [-0.39, 0.29) is 0 Å². The molecule has 9 heavy (non-hydrogen) atoms. The monoisotopic (exact) mass is 139 g/mol. The minimum atomic E-state index is 0.728. The molecule has 0 unspecified atom stereocenters. The zero-order valence-corrected chi connectivity index (χ0v) is 6.24. The van der Waals surface area contributed by atoms with Gasteiger partial charge in [0.2, 0.25) is 0 Å². The number of aromatic nitrogens is 1. The van der Waals surface area contributed by atoms with E-state index in [4.69, 9.17) is 0 Å². The quantitative estimate of drug-likeness (QED) is 0.537. The third-order valence-electron chi connectivity index (χ3n) is 1.94. The zero-order valence-electron chi connectivity index (χ0n) is 5.42. The fourth-order valence-corrected chi connectivity index (χ4v) is 2.26. The number of nitrogens with zero attached hydrogens (tertiary/aromatic N) is 1. The van der Waals surface area contributed by atoms with Crippen LogP contribution >= 0.6 is 11.3 Å². The van der Waals surface area contributed by atoms with Crippen LogP contribution in [0.4, 0.5) is 0 Å². The average Bonchev–Trinajstić information content (AvgIpc) is 2.35. The third-order valence-corrected chi connectivity index (χ3v) is 2.85. The Bertz CT molecular complexity index is 216. The summed E-state index contributed by atoms with van der Waals surface area (Å²) in [4.78, 5) is 5.81. The summed E-state index contributed by atoms with van der Waals surface area (Å²) >= 11 is 1.80. The van der Waals surface area contributed by atoms with Crippen LogP contribution in [-0.4, -0.2) is 4.98 Å². The number of rotatable bonds is 0. The van der Waals surface area contributed by atoms with Gasteiger partial charge in [-0.3, -0.25) is 0 Å². The molecule has 0 saturated carbocycles. The van der Waals surface area contributed by atoms with Crippen molar-refractivity contribution >= 4 is 11.3 Å². The van der Waals surface area contributed by atoms with Crippen LogP contribution in [0.1, 0.15) is 29.8 Å². The molecule has 48 valence electrons. The lowest BCUT2D eigenvalue weighted by molar-refractivity contribution is 0.731. The first-order chi connectivity index (χ1) is 4.38. The molecule has 0 N–H and O–H groups in total. The van der Waals surface area contributed by atoms with Crippen molar-refractivity contribution in [2.24, 2.45) is 0 Å². The van der Waals surface area contributed by atoms with Crippen LogP contribution in [0.15, 0.2) is 5.51 Å². The van der Waals surface area contributed by atoms with E-state index in [1.54, 1.807) is 11.3 Å². The largest absolute Gasteiger partial charge is 0.249 e. The summed E-state index contributed by atoms with van der Waals surface area (Å²) in [5.74, 6) is 0.728. The summed E-state index contributed by atoms with van der Waals surface area (Å²) < 4.78 is 0. The van der Waals surface area contributed by atoms with E-state index in [0.29, 0.717) is 0 Å². The van der Waals surface area contributed by atoms with Gasteiger partial charge in [0, 0.05) is 4.88 Å². The molecule has 1 atom stereocenters. The van der Waals surface area contributed by atoms with Gasteiger partial charge in [0.05, 0.1) is 11.2 Å². The molecule has 0 radical (unpaired) electrons. The number of thiazole rings is 1. The second kappa shape index (κ2) is 1.81. The summed E-state index contributed by atoms with van der Waals surface area (Å²) in [5, 5.41) is 0. The Morgan fingerprint density at radius 3 is 3.44 bits per heavy atom. The van der Waals surface area contributed by atoms with Crippen molar-refractivity contribution in [1.82, 2.24) is 4.98 Å². The Hall–Kier alpha value is -0.370. The zero-order chi connectivity index (χ0) is 6.27. The second-order valence-corrected chi connectivity index (χ2v) is 3.54. The van der Waals surface area contributed by atoms with Gasteiger partial charge in [-0.2, -0.15) is 0 Å². The number of hydrogen-bond acceptors (Lipinski definition) is 2. The molecule has 0 amide bonds. The summed E-state index contributed by atoms with van der Waals surface area (Å²) in [7, 11) is 0. The highest BCUT2D eigenvalue weighted by Gasteiger charge is 2.20. The number of fused-ring (bicyclic) bond motifs is 1. The average molecular weight is 139 g/mol. The maximum Gasteiger partial charge on any atom is 0.0797 e. The van der Waals surface area contributed by atoms with Crippen molar-refractivity contribution in [3.8, 4) is 0 Å². The van der Waals surface area contributed by atoms with E-state index >= 15 is 0 Å². The van der Waals surface area contributed by atoms with Gasteiger partial charge in [-0.25, -0.2) is 4.98 Å². The minimum absolute atomic E-state index is 0.728. The van der Waals surface area contributed by atoms with Gasteiger partial charge < -0.3 is 0 Å². The van der Waals surface area contributed by atoms with Gasteiger partial charge in [0.15, 0.2) is 0 Å². The molecule has 0 saturated heterocycles. The summed E-state index contributed by atoms with van der Waals surface area (Å²) in [6.07, 6.45) is 2.58. The second-order valence-electron chi connectivity index (χ2n) is 2.60. The summed E-state index contributed by atoms with van der Waals surface area (Å²) in [6.45, 7) is 2.26. The van der Waals surface area contributed by atoms with Gasteiger partial charge in [-0.15, -0.1) is 11.3 Å². The molecular weight excluding hydrogens is 130 g/mol. The first kappa shape index (κ1) is 5.42. The van der Waals surface area contributed by atoms with Gasteiger partial charge in [0.25, 0.3) is 0 Å². The first-order valence-corrected chi connectivity index (χ1v) is 4.18. The van der Waals surface area contributed by atoms with Crippen LogP contribution in [0.25, 0.3) is 0 Å². The number of hydrogen-bond donors (Lipinski definition) is 0. The van der Waals surface area contributed by atoms with Crippen LogP contribution < -0.4 is 0 Å². The van der Waals surface area contributed by atoms with E-state index in [0.717, 1.165) is 5.92 Å². The lowest BCUT2D eigenvalue weighted by Gasteiger charge is -1.94. The fourth-order valence-electron chi connectivity index (χ4n) is 1.35. The fraction of sp³-hybridized carbons (Fsp3) is 0.571. The van der Waals surface area contributed by atoms with Crippen molar-refractivity contribution in [2.45, 2.75) is 25.7 Å². The first-order valence-electron chi connectivity index (χ1n) is 3.30. The van der Waals surface area contributed by atoms with Gasteiger partial charge in [-0.05, 0) is 18.8 Å². The Morgan fingerprint density at radius 1 is 1.78 bits per heavy atom. The Labute approximate surface area is 58.7 Å². The van der Waals surface area contributed by atoms with Crippen molar-refractivity contribution in [3.05, 3.63) is 16.1 Å². The Balaban J connectivity index is 2.49.